The zero-order valence-electron chi connectivity index (χ0n) is 12.3. The van der Waals surface area contributed by atoms with Crippen molar-refractivity contribution in [1.82, 2.24) is 4.90 Å². The lowest BCUT2D eigenvalue weighted by Gasteiger charge is -2.33. The van der Waals surface area contributed by atoms with Crippen LogP contribution in [0, 0.1) is 13.8 Å². The molecule has 3 nitrogen and oxygen atoms in total. The van der Waals surface area contributed by atoms with E-state index in [-0.39, 0.29) is 0 Å². The van der Waals surface area contributed by atoms with Crippen molar-refractivity contribution in [2.75, 3.05) is 6.54 Å². The van der Waals surface area contributed by atoms with Crippen LogP contribution in [0.5, 0.6) is 0 Å². The molecule has 0 saturated heterocycles. The summed E-state index contributed by atoms with van der Waals surface area (Å²) >= 11 is 1.67. The molecule has 0 bridgehead atoms. The lowest BCUT2D eigenvalue weighted by atomic mass is 9.98. The van der Waals surface area contributed by atoms with E-state index in [4.69, 9.17) is 0 Å². The summed E-state index contributed by atoms with van der Waals surface area (Å²) in [6.45, 7) is 5.66. The average molecular weight is 301 g/mol. The summed E-state index contributed by atoms with van der Waals surface area (Å²) in [5, 5.41) is 11.6. The second kappa shape index (κ2) is 5.62. The van der Waals surface area contributed by atoms with Crippen LogP contribution < -0.4 is 0 Å². The molecule has 2 heterocycles. The lowest BCUT2D eigenvalue weighted by Crippen LogP contribution is -2.38. The van der Waals surface area contributed by atoms with Crippen LogP contribution in [0.1, 0.15) is 33.2 Å². The number of carboxylic acid groups (broad SMARTS) is 1. The number of nitrogens with zero attached hydrogens (tertiary/aromatic N) is 1. The van der Waals surface area contributed by atoms with Crippen molar-refractivity contribution in [3.05, 3.63) is 56.8 Å². The number of fused-ring (bicyclic) bond motifs is 1. The smallest absolute Gasteiger partial charge is 0.325 e. The number of hydrogen-bond acceptors (Lipinski definition) is 3. The number of aryl methyl sites for hydroxylation is 2. The highest BCUT2D eigenvalue weighted by atomic mass is 32.1. The summed E-state index contributed by atoms with van der Waals surface area (Å²) in [5.74, 6) is -0.750. The van der Waals surface area contributed by atoms with Crippen molar-refractivity contribution >= 4 is 17.3 Å². The average Bonchev–Trinajstić information content (AvgIpc) is 2.90. The molecular weight excluding hydrogens is 282 g/mol. The first-order chi connectivity index (χ1) is 10.1. The minimum atomic E-state index is -0.750. The Kier molecular flexibility index (Phi) is 3.83. The van der Waals surface area contributed by atoms with Crippen molar-refractivity contribution in [3.63, 3.8) is 0 Å². The second-order valence-electron chi connectivity index (χ2n) is 5.69. The Morgan fingerprint density at radius 1 is 1.38 bits per heavy atom. The van der Waals surface area contributed by atoms with E-state index >= 15 is 0 Å². The number of rotatable bonds is 3. The van der Waals surface area contributed by atoms with Gasteiger partial charge >= 0.3 is 5.97 Å². The Bertz CT molecular complexity index is 677. The van der Waals surface area contributed by atoms with Crippen LogP contribution in [0.4, 0.5) is 0 Å². The molecule has 0 amide bonds. The minimum absolute atomic E-state index is 0.514. The number of thiophene rings is 1. The van der Waals surface area contributed by atoms with Gasteiger partial charge in [-0.2, -0.15) is 0 Å². The van der Waals surface area contributed by atoms with Gasteiger partial charge in [0.25, 0.3) is 0 Å². The summed E-state index contributed by atoms with van der Waals surface area (Å²) < 4.78 is 0. The Morgan fingerprint density at radius 3 is 2.95 bits per heavy atom. The summed E-state index contributed by atoms with van der Waals surface area (Å²) in [6.07, 6.45) is 0.946. The number of aliphatic carboxylic acids is 1. The fourth-order valence-corrected chi connectivity index (χ4v) is 3.92. The third kappa shape index (κ3) is 2.74. The van der Waals surface area contributed by atoms with Crippen LogP contribution in [0.2, 0.25) is 0 Å². The van der Waals surface area contributed by atoms with Crippen LogP contribution in [-0.4, -0.2) is 22.5 Å². The first-order valence-corrected chi connectivity index (χ1v) is 8.03. The minimum Gasteiger partial charge on any atom is -0.480 e. The zero-order chi connectivity index (χ0) is 15.0. The van der Waals surface area contributed by atoms with E-state index in [0.717, 1.165) is 18.5 Å². The molecule has 2 aromatic rings. The zero-order valence-corrected chi connectivity index (χ0v) is 13.1. The normalized spacial score (nSPS) is 18.5. The van der Waals surface area contributed by atoms with E-state index in [9.17, 15) is 9.90 Å². The van der Waals surface area contributed by atoms with E-state index in [0.29, 0.717) is 6.54 Å². The second-order valence-corrected chi connectivity index (χ2v) is 6.69. The Morgan fingerprint density at radius 2 is 2.19 bits per heavy atom. The highest BCUT2D eigenvalue weighted by Crippen LogP contribution is 2.34. The predicted molar refractivity (Wildman–Crippen MR) is 84.7 cm³/mol. The fourth-order valence-electron chi connectivity index (χ4n) is 3.02. The maximum atomic E-state index is 11.7. The monoisotopic (exact) mass is 301 g/mol. The largest absolute Gasteiger partial charge is 0.480 e. The van der Waals surface area contributed by atoms with Crippen molar-refractivity contribution in [1.29, 1.82) is 0 Å². The third-order valence-electron chi connectivity index (χ3n) is 4.18. The van der Waals surface area contributed by atoms with Crippen molar-refractivity contribution < 1.29 is 9.90 Å². The van der Waals surface area contributed by atoms with Gasteiger partial charge in [-0.15, -0.1) is 11.3 Å². The predicted octanol–water partition coefficient (Wildman–Crippen LogP) is 3.55. The first-order valence-electron chi connectivity index (χ1n) is 7.15. The highest BCUT2D eigenvalue weighted by molar-refractivity contribution is 7.10. The Hall–Kier alpha value is -1.65. The van der Waals surface area contributed by atoms with Gasteiger partial charge in [0.2, 0.25) is 0 Å². The van der Waals surface area contributed by atoms with Gasteiger partial charge in [-0.1, -0.05) is 23.8 Å². The number of carboxylic acids is 1. The topological polar surface area (TPSA) is 40.5 Å². The number of carbonyl (C=O) groups is 1. The number of benzene rings is 1. The lowest BCUT2D eigenvalue weighted by molar-refractivity contribution is -0.144. The van der Waals surface area contributed by atoms with Gasteiger partial charge in [-0.3, -0.25) is 9.69 Å². The molecule has 0 aliphatic carbocycles. The van der Waals surface area contributed by atoms with Crippen molar-refractivity contribution in [2.24, 2.45) is 0 Å². The molecule has 4 heteroatoms. The van der Waals surface area contributed by atoms with Gasteiger partial charge in [-0.25, -0.2) is 0 Å². The molecule has 110 valence electrons. The van der Waals surface area contributed by atoms with Gasteiger partial charge in [0, 0.05) is 18.0 Å². The summed E-state index contributed by atoms with van der Waals surface area (Å²) in [4.78, 5) is 15.0. The quantitative estimate of drug-likeness (QED) is 0.942. The van der Waals surface area contributed by atoms with Crippen LogP contribution in [0.15, 0.2) is 29.6 Å². The standard InChI is InChI=1S/C17H19NO2S/c1-11-3-4-12(2)13(9-11)10-18-7-5-15-14(6-8-21-15)16(18)17(19)20/h3-4,6,8-9,16H,5,7,10H2,1-2H3,(H,19,20). The maximum Gasteiger partial charge on any atom is 0.325 e. The van der Waals surface area contributed by atoms with Gasteiger partial charge in [0.1, 0.15) is 6.04 Å². The molecule has 0 spiro atoms. The van der Waals surface area contributed by atoms with Crippen LogP contribution >= 0.6 is 11.3 Å². The molecule has 1 unspecified atom stereocenters. The Balaban J connectivity index is 1.91. The van der Waals surface area contributed by atoms with E-state index in [1.807, 2.05) is 11.4 Å². The van der Waals surface area contributed by atoms with Gasteiger partial charge < -0.3 is 5.11 Å². The molecule has 1 aromatic heterocycles. The van der Waals surface area contributed by atoms with Gasteiger partial charge in [-0.05, 0) is 48.4 Å². The molecular formula is C17H19NO2S. The molecule has 0 fully saturated rings. The van der Waals surface area contributed by atoms with E-state index < -0.39 is 12.0 Å². The van der Waals surface area contributed by atoms with Crippen LogP contribution in [0.3, 0.4) is 0 Å². The van der Waals surface area contributed by atoms with Gasteiger partial charge in [0.05, 0.1) is 0 Å². The molecule has 0 saturated carbocycles. The van der Waals surface area contributed by atoms with E-state index in [1.54, 1.807) is 11.3 Å². The van der Waals surface area contributed by atoms with Crippen molar-refractivity contribution in [3.8, 4) is 0 Å². The summed E-state index contributed by atoms with van der Waals surface area (Å²) in [6, 6.07) is 7.83. The highest BCUT2D eigenvalue weighted by Gasteiger charge is 2.33. The Labute approximate surface area is 128 Å². The van der Waals surface area contributed by atoms with Gasteiger partial charge in [0.15, 0.2) is 0 Å². The summed E-state index contributed by atoms with van der Waals surface area (Å²) in [5.41, 5.74) is 4.64. The number of hydrogen-bond donors (Lipinski definition) is 1. The van der Waals surface area contributed by atoms with Crippen LogP contribution in [-0.2, 0) is 17.8 Å². The molecule has 1 aliphatic rings. The first kappa shape index (κ1) is 14.3. The van der Waals surface area contributed by atoms with Crippen LogP contribution in [0.25, 0.3) is 0 Å². The fraction of sp³-hybridized carbons (Fsp3) is 0.353. The molecule has 1 aliphatic heterocycles. The molecule has 3 rings (SSSR count). The third-order valence-corrected chi connectivity index (χ3v) is 5.17. The SMILES string of the molecule is Cc1ccc(C)c(CN2CCc3sccc3C2C(=O)O)c1. The van der Waals surface area contributed by atoms with E-state index in [1.165, 1.54) is 21.6 Å². The van der Waals surface area contributed by atoms with Crippen molar-refractivity contribution in [2.45, 2.75) is 32.9 Å². The molecule has 1 aromatic carbocycles. The molecule has 21 heavy (non-hydrogen) atoms. The molecule has 1 N–H and O–H groups in total. The maximum absolute atomic E-state index is 11.7. The molecule has 1 atom stereocenters. The molecule has 0 radical (unpaired) electrons. The summed E-state index contributed by atoms with van der Waals surface area (Å²) in [7, 11) is 0. The van der Waals surface area contributed by atoms with E-state index in [2.05, 4.69) is 36.9 Å².